The standard InChI is InChI=1S/C14H17ClN2O/c1-10-12(17-8-2-3-9-17)6-4-11(14(10)15)5-7-13(16)18/h4-7H,2-3,8-9H2,1H3,(H2,16,18)/b7-5-. The number of nitrogens with zero attached hydrogens (tertiary/aromatic N) is 1. The Bertz CT molecular complexity index is 491. The second-order valence-electron chi connectivity index (χ2n) is 4.54. The van der Waals surface area contributed by atoms with Crippen molar-refractivity contribution in [3.63, 3.8) is 0 Å². The minimum Gasteiger partial charge on any atom is -0.371 e. The molecule has 1 saturated heterocycles. The van der Waals surface area contributed by atoms with Gasteiger partial charge in [-0.25, -0.2) is 0 Å². The first kappa shape index (κ1) is 13.0. The number of rotatable bonds is 3. The molecule has 0 aliphatic carbocycles. The van der Waals surface area contributed by atoms with E-state index < -0.39 is 5.91 Å². The van der Waals surface area contributed by atoms with Crippen LogP contribution in [-0.4, -0.2) is 19.0 Å². The SMILES string of the molecule is Cc1c(N2CCCC2)ccc(/C=C\C(N)=O)c1Cl. The molecule has 18 heavy (non-hydrogen) atoms. The first-order valence-corrected chi connectivity index (χ1v) is 6.49. The van der Waals surface area contributed by atoms with Crippen molar-refractivity contribution in [1.82, 2.24) is 0 Å². The highest BCUT2D eigenvalue weighted by Crippen LogP contribution is 2.32. The first-order chi connectivity index (χ1) is 8.59. The van der Waals surface area contributed by atoms with Gasteiger partial charge in [0.1, 0.15) is 0 Å². The highest BCUT2D eigenvalue weighted by Gasteiger charge is 2.16. The number of halogens is 1. The van der Waals surface area contributed by atoms with Crippen LogP contribution < -0.4 is 10.6 Å². The summed E-state index contributed by atoms with van der Waals surface area (Å²) in [6.45, 7) is 4.19. The number of carbonyl (C=O) groups is 1. The molecule has 1 aliphatic heterocycles. The summed E-state index contributed by atoms with van der Waals surface area (Å²) in [5.41, 5.74) is 8.16. The highest BCUT2D eigenvalue weighted by molar-refractivity contribution is 6.33. The summed E-state index contributed by atoms with van der Waals surface area (Å²) in [6.07, 6.45) is 5.46. The molecule has 0 spiro atoms. The van der Waals surface area contributed by atoms with Crippen molar-refractivity contribution in [2.45, 2.75) is 19.8 Å². The predicted molar refractivity (Wildman–Crippen MR) is 75.9 cm³/mol. The molecule has 0 aromatic heterocycles. The Balaban J connectivity index is 2.31. The van der Waals surface area contributed by atoms with Crippen LogP contribution in [0.3, 0.4) is 0 Å². The van der Waals surface area contributed by atoms with Crippen molar-refractivity contribution >= 4 is 29.3 Å². The fourth-order valence-corrected chi connectivity index (χ4v) is 2.52. The topological polar surface area (TPSA) is 46.3 Å². The van der Waals surface area contributed by atoms with Gasteiger partial charge in [-0.1, -0.05) is 17.7 Å². The van der Waals surface area contributed by atoms with Crippen LogP contribution in [0.4, 0.5) is 5.69 Å². The maximum Gasteiger partial charge on any atom is 0.241 e. The van der Waals surface area contributed by atoms with Gasteiger partial charge in [-0.15, -0.1) is 0 Å². The number of amides is 1. The number of nitrogens with two attached hydrogens (primary N) is 1. The number of primary amides is 1. The molecule has 0 saturated carbocycles. The van der Waals surface area contributed by atoms with Crippen molar-refractivity contribution in [3.05, 3.63) is 34.4 Å². The fourth-order valence-electron chi connectivity index (χ4n) is 2.30. The predicted octanol–water partition coefficient (Wildman–Crippen LogP) is 2.75. The normalized spacial score (nSPS) is 15.6. The number of benzene rings is 1. The Labute approximate surface area is 112 Å². The largest absolute Gasteiger partial charge is 0.371 e. The summed E-state index contributed by atoms with van der Waals surface area (Å²) in [4.78, 5) is 13.1. The molecule has 0 atom stereocenters. The van der Waals surface area contributed by atoms with Crippen LogP contribution in [0, 0.1) is 6.92 Å². The molecule has 1 fully saturated rings. The molecule has 1 amide bonds. The molecule has 3 nitrogen and oxygen atoms in total. The smallest absolute Gasteiger partial charge is 0.241 e. The average molecular weight is 265 g/mol. The Morgan fingerprint density at radius 3 is 2.67 bits per heavy atom. The third-order valence-corrected chi connectivity index (χ3v) is 3.76. The van der Waals surface area contributed by atoms with Crippen LogP contribution in [0.1, 0.15) is 24.0 Å². The number of hydrogen-bond acceptors (Lipinski definition) is 2. The molecular weight excluding hydrogens is 248 g/mol. The molecule has 1 aromatic carbocycles. The van der Waals surface area contributed by atoms with Gasteiger partial charge >= 0.3 is 0 Å². The summed E-state index contributed by atoms with van der Waals surface area (Å²) < 4.78 is 0. The molecule has 2 rings (SSSR count). The molecule has 1 heterocycles. The molecular formula is C14H17ClN2O. The van der Waals surface area contributed by atoms with Crippen LogP contribution in [0.2, 0.25) is 5.02 Å². The van der Waals surface area contributed by atoms with Gasteiger partial charge in [0, 0.05) is 24.9 Å². The maximum atomic E-state index is 10.7. The number of hydrogen-bond donors (Lipinski definition) is 1. The summed E-state index contributed by atoms with van der Waals surface area (Å²) in [5, 5.41) is 0.692. The minimum absolute atomic E-state index is 0.465. The van der Waals surface area contributed by atoms with Gasteiger partial charge < -0.3 is 10.6 Å². The molecule has 0 radical (unpaired) electrons. The van der Waals surface area contributed by atoms with E-state index in [4.69, 9.17) is 17.3 Å². The van der Waals surface area contributed by atoms with Crippen molar-refractivity contribution in [1.29, 1.82) is 0 Å². The monoisotopic (exact) mass is 264 g/mol. The zero-order valence-electron chi connectivity index (χ0n) is 10.4. The van der Waals surface area contributed by atoms with E-state index in [2.05, 4.69) is 11.0 Å². The van der Waals surface area contributed by atoms with Crippen molar-refractivity contribution in [2.24, 2.45) is 5.73 Å². The Morgan fingerprint density at radius 2 is 2.06 bits per heavy atom. The van der Waals surface area contributed by atoms with Crippen LogP contribution in [0.25, 0.3) is 6.08 Å². The number of carbonyl (C=O) groups excluding carboxylic acids is 1. The van der Waals surface area contributed by atoms with E-state index in [-0.39, 0.29) is 0 Å². The minimum atomic E-state index is -0.465. The van der Waals surface area contributed by atoms with Gasteiger partial charge in [0.2, 0.25) is 5.91 Å². The van der Waals surface area contributed by atoms with E-state index >= 15 is 0 Å². The van der Waals surface area contributed by atoms with Crippen LogP contribution in [0.5, 0.6) is 0 Å². The van der Waals surface area contributed by atoms with E-state index in [9.17, 15) is 4.79 Å². The van der Waals surface area contributed by atoms with E-state index in [0.717, 1.165) is 24.2 Å². The molecule has 0 unspecified atom stereocenters. The molecule has 0 bridgehead atoms. The lowest BCUT2D eigenvalue weighted by atomic mass is 10.1. The average Bonchev–Trinajstić information content (AvgIpc) is 2.84. The van der Waals surface area contributed by atoms with Crippen molar-refractivity contribution in [3.8, 4) is 0 Å². The van der Waals surface area contributed by atoms with E-state index in [1.165, 1.54) is 24.6 Å². The quantitative estimate of drug-likeness (QED) is 0.854. The van der Waals surface area contributed by atoms with Crippen molar-refractivity contribution < 1.29 is 4.79 Å². The second-order valence-corrected chi connectivity index (χ2v) is 4.92. The van der Waals surface area contributed by atoms with E-state index in [0.29, 0.717) is 5.02 Å². The third-order valence-electron chi connectivity index (χ3n) is 3.26. The van der Waals surface area contributed by atoms with Crippen LogP contribution >= 0.6 is 11.6 Å². The maximum absolute atomic E-state index is 10.7. The third kappa shape index (κ3) is 2.67. The molecule has 1 aliphatic rings. The summed E-state index contributed by atoms with van der Waals surface area (Å²) in [5.74, 6) is -0.465. The Morgan fingerprint density at radius 1 is 1.39 bits per heavy atom. The van der Waals surface area contributed by atoms with Gasteiger partial charge in [0.05, 0.1) is 5.02 Å². The lowest BCUT2D eigenvalue weighted by Gasteiger charge is -2.21. The van der Waals surface area contributed by atoms with Gasteiger partial charge in [0.25, 0.3) is 0 Å². The highest BCUT2D eigenvalue weighted by atomic mass is 35.5. The first-order valence-electron chi connectivity index (χ1n) is 6.11. The number of anilines is 1. The van der Waals surface area contributed by atoms with Crippen molar-refractivity contribution in [2.75, 3.05) is 18.0 Å². The van der Waals surface area contributed by atoms with Crippen LogP contribution in [0.15, 0.2) is 18.2 Å². The molecule has 1 aromatic rings. The zero-order chi connectivity index (χ0) is 13.1. The molecule has 2 N–H and O–H groups in total. The van der Waals surface area contributed by atoms with Crippen LogP contribution in [-0.2, 0) is 4.79 Å². The molecule has 4 heteroatoms. The zero-order valence-corrected chi connectivity index (χ0v) is 11.2. The summed E-state index contributed by atoms with van der Waals surface area (Å²) >= 11 is 6.33. The van der Waals surface area contributed by atoms with Gasteiger partial charge in [-0.05, 0) is 43.0 Å². The second kappa shape index (κ2) is 5.44. The van der Waals surface area contributed by atoms with Gasteiger partial charge in [-0.3, -0.25) is 4.79 Å². The summed E-state index contributed by atoms with van der Waals surface area (Å²) in [6, 6.07) is 4.00. The van der Waals surface area contributed by atoms with E-state index in [1.54, 1.807) is 6.08 Å². The molecule has 96 valence electrons. The lowest BCUT2D eigenvalue weighted by molar-refractivity contribution is -0.113. The van der Waals surface area contributed by atoms with E-state index in [1.807, 2.05) is 13.0 Å². The van der Waals surface area contributed by atoms with Gasteiger partial charge in [0.15, 0.2) is 0 Å². The lowest BCUT2D eigenvalue weighted by Crippen LogP contribution is -2.18. The fraction of sp³-hybridized carbons (Fsp3) is 0.357. The summed E-state index contributed by atoms with van der Waals surface area (Å²) in [7, 11) is 0. The Hall–Kier alpha value is -1.48. The Kier molecular flexibility index (Phi) is 3.92. The van der Waals surface area contributed by atoms with Gasteiger partial charge in [-0.2, -0.15) is 0 Å².